The van der Waals surface area contributed by atoms with Gasteiger partial charge in [0.25, 0.3) is 0 Å². The first-order valence-electron chi connectivity index (χ1n) is 15.1. The van der Waals surface area contributed by atoms with Crippen LogP contribution < -0.4 is 10.6 Å². The molecule has 7 nitrogen and oxygen atoms in total. The zero-order chi connectivity index (χ0) is 30.6. The lowest BCUT2D eigenvalue weighted by Gasteiger charge is -2.36. The maximum Gasteiger partial charge on any atom is 0.408 e. The summed E-state index contributed by atoms with van der Waals surface area (Å²) in [6.07, 6.45) is 4.02. The minimum Gasteiger partial charge on any atom is -0.444 e. The zero-order valence-corrected chi connectivity index (χ0v) is 26.4. The van der Waals surface area contributed by atoms with Gasteiger partial charge >= 0.3 is 6.09 Å². The van der Waals surface area contributed by atoms with Gasteiger partial charge in [-0.15, -0.1) is 0 Å². The van der Waals surface area contributed by atoms with Crippen molar-refractivity contribution in [2.24, 2.45) is 0 Å². The number of aryl methyl sites for hydroxylation is 2. The van der Waals surface area contributed by atoms with E-state index in [0.29, 0.717) is 6.54 Å². The molecule has 0 aliphatic heterocycles. The topological polar surface area (TPSA) is 87.7 Å². The fourth-order valence-electron chi connectivity index (χ4n) is 5.11. The molecule has 7 heteroatoms. The van der Waals surface area contributed by atoms with Gasteiger partial charge in [-0.3, -0.25) is 9.59 Å². The highest BCUT2D eigenvalue weighted by atomic mass is 16.6. The number of benzene rings is 2. The van der Waals surface area contributed by atoms with Crippen LogP contribution in [0.3, 0.4) is 0 Å². The highest BCUT2D eigenvalue weighted by molar-refractivity contribution is 5.92. The molecule has 0 bridgehead atoms. The molecule has 2 aromatic rings. The van der Waals surface area contributed by atoms with Crippen molar-refractivity contribution in [3.63, 3.8) is 0 Å². The van der Waals surface area contributed by atoms with Crippen LogP contribution in [0, 0.1) is 13.8 Å². The van der Waals surface area contributed by atoms with Crippen LogP contribution in [0.4, 0.5) is 4.79 Å². The SMILES string of the molecule is CCCCCN(C(=O)C(Cc1ccccc1)NC(=O)OC(C)(C)C)C(C(=O)NC(C)CCC)c1c(C)cccc1C. The van der Waals surface area contributed by atoms with E-state index in [1.54, 1.807) is 25.7 Å². The molecule has 0 fully saturated rings. The number of unbranched alkanes of at least 4 members (excludes halogenated alkanes) is 2. The number of ether oxygens (including phenoxy) is 1. The average Bonchev–Trinajstić information content (AvgIpc) is 2.88. The molecule has 2 rings (SSSR count). The summed E-state index contributed by atoms with van der Waals surface area (Å²) >= 11 is 0. The Labute approximate surface area is 247 Å². The van der Waals surface area contributed by atoms with Gasteiger partial charge in [0.1, 0.15) is 17.7 Å². The third-order valence-electron chi connectivity index (χ3n) is 7.04. The predicted octanol–water partition coefficient (Wildman–Crippen LogP) is 6.80. The molecule has 2 N–H and O–H groups in total. The van der Waals surface area contributed by atoms with E-state index < -0.39 is 23.8 Å². The van der Waals surface area contributed by atoms with Crippen molar-refractivity contribution < 1.29 is 19.1 Å². The lowest BCUT2D eigenvalue weighted by molar-refractivity contribution is -0.142. The molecular formula is C34H51N3O4. The number of nitrogens with zero attached hydrogens (tertiary/aromatic N) is 1. The van der Waals surface area contributed by atoms with Gasteiger partial charge in [0, 0.05) is 19.0 Å². The van der Waals surface area contributed by atoms with Gasteiger partial charge in [0.2, 0.25) is 11.8 Å². The second kappa shape index (κ2) is 16.2. The average molecular weight is 566 g/mol. The molecule has 0 saturated heterocycles. The quantitative estimate of drug-likeness (QED) is 0.247. The van der Waals surface area contributed by atoms with Crippen LogP contribution >= 0.6 is 0 Å². The van der Waals surface area contributed by atoms with E-state index in [1.165, 1.54) is 0 Å². The molecule has 3 unspecified atom stereocenters. The van der Waals surface area contributed by atoms with Crippen LogP contribution in [-0.4, -0.2) is 47.0 Å². The number of amides is 3. The molecule has 0 heterocycles. The molecule has 0 aliphatic rings. The molecule has 0 spiro atoms. The standard InChI is InChI=1S/C34H51N3O4/c1-9-11-15-22-37(30(31(38)35-26(5)17-10-2)29-24(3)18-16-19-25(29)4)32(39)28(23-27-20-13-12-14-21-27)36-33(40)41-34(6,7)8/h12-14,16,18-21,26,28,30H,9-11,15,17,22-23H2,1-8H3,(H,35,38)(H,36,40). The Balaban J connectivity index is 2.62. The van der Waals surface area contributed by atoms with E-state index in [-0.39, 0.29) is 24.3 Å². The number of carbonyl (C=O) groups excluding carboxylic acids is 3. The molecule has 0 aliphatic carbocycles. The summed E-state index contributed by atoms with van der Waals surface area (Å²) in [5.41, 5.74) is 2.90. The summed E-state index contributed by atoms with van der Waals surface area (Å²) in [5, 5.41) is 6.02. The van der Waals surface area contributed by atoms with Crippen LogP contribution in [0.5, 0.6) is 0 Å². The molecule has 0 radical (unpaired) electrons. The summed E-state index contributed by atoms with van der Waals surface area (Å²) < 4.78 is 5.54. The first-order valence-corrected chi connectivity index (χ1v) is 15.1. The summed E-state index contributed by atoms with van der Waals surface area (Å²) in [6, 6.07) is 13.7. The fraction of sp³-hybridized carbons (Fsp3) is 0.559. The van der Waals surface area contributed by atoms with Gasteiger partial charge in [-0.25, -0.2) is 4.79 Å². The van der Waals surface area contributed by atoms with Gasteiger partial charge < -0.3 is 20.3 Å². The zero-order valence-electron chi connectivity index (χ0n) is 26.4. The van der Waals surface area contributed by atoms with Crippen molar-refractivity contribution >= 4 is 17.9 Å². The number of carbonyl (C=O) groups is 3. The lowest BCUT2D eigenvalue weighted by atomic mass is 9.92. The van der Waals surface area contributed by atoms with Crippen molar-refractivity contribution in [3.8, 4) is 0 Å². The second-order valence-electron chi connectivity index (χ2n) is 12.0. The van der Waals surface area contributed by atoms with Crippen LogP contribution in [-0.2, 0) is 20.7 Å². The van der Waals surface area contributed by atoms with Crippen LogP contribution in [0.1, 0.15) is 102 Å². The summed E-state index contributed by atoms with van der Waals surface area (Å²) in [6.45, 7) is 15.9. The minimum atomic E-state index is -0.915. The molecule has 0 saturated carbocycles. The van der Waals surface area contributed by atoms with Crippen molar-refractivity contribution in [2.75, 3.05) is 6.54 Å². The first-order chi connectivity index (χ1) is 19.4. The summed E-state index contributed by atoms with van der Waals surface area (Å²) in [4.78, 5) is 43.3. The van der Waals surface area contributed by atoms with Gasteiger partial charge in [-0.1, -0.05) is 81.6 Å². The first kappa shape index (κ1) is 33.9. The van der Waals surface area contributed by atoms with Crippen molar-refractivity contribution in [1.29, 1.82) is 0 Å². The van der Waals surface area contributed by atoms with Gasteiger partial charge in [0.05, 0.1) is 0 Å². The molecule has 2 aromatic carbocycles. The Hall–Kier alpha value is -3.35. The van der Waals surface area contributed by atoms with E-state index in [2.05, 4.69) is 24.5 Å². The maximum absolute atomic E-state index is 14.6. The van der Waals surface area contributed by atoms with E-state index in [0.717, 1.165) is 54.4 Å². The molecule has 3 atom stereocenters. The molecule has 41 heavy (non-hydrogen) atoms. The number of hydrogen-bond acceptors (Lipinski definition) is 4. The Kier molecular flexibility index (Phi) is 13.4. The van der Waals surface area contributed by atoms with Gasteiger partial charge in [0.15, 0.2) is 0 Å². The van der Waals surface area contributed by atoms with E-state index in [1.807, 2.05) is 69.3 Å². The predicted molar refractivity (Wildman–Crippen MR) is 166 cm³/mol. The van der Waals surface area contributed by atoms with E-state index in [9.17, 15) is 14.4 Å². The van der Waals surface area contributed by atoms with Crippen LogP contribution in [0.2, 0.25) is 0 Å². The van der Waals surface area contributed by atoms with E-state index >= 15 is 0 Å². The van der Waals surface area contributed by atoms with Crippen molar-refractivity contribution in [2.45, 2.75) is 118 Å². The van der Waals surface area contributed by atoms with E-state index in [4.69, 9.17) is 4.74 Å². The molecular weight excluding hydrogens is 514 g/mol. The number of nitrogens with one attached hydrogen (secondary N) is 2. The molecule has 226 valence electrons. The number of alkyl carbamates (subject to hydrolysis) is 1. The number of rotatable bonds is 14. The smallest absolute Gasteiger partial charge is 0.408 e. The number of hydrogen-bond donors (Lipinski definition) is 2. The third kappa shape index (κ3) is 10.9. The lowest BCUT2D eigenvalue weighted by Crippen LogP contribution is -2.54. The molecule has 3 amide bonds. The van der Waals surface area contributed by atoms with Crippen molar-refractivity contribution in [1.82, 2.24) is 15.5 Å². The monoisotopic (exact) mass is 565 g/mol. The van der Waals surface area contributed by atoms with Crippen LogP contribution in [0.15, 0.2) is 48.5 Å². The highest BCUT2D eigenvalue weighted by Crippen LogP contribution is 2.30. The van der Waals surface area contributed by atoms with Gasteiger partial charge in [-0.05, 0) is 76.6 Å². The Morgan fingerprint density at radius 2 is 1.51 bits per heavy atom. The summed E-state index contributed by atoms with van der Waals surface area (Å²) in [7, 11) is 0. The van der Waals surface area contributed by atoms with Crippen LogP contribution in [0.25, 0.3) is 0 Å². The third-order valence-corrected chi connectivity index (χ3v) is 7.04. The summed E-state index contributed by atoms with van der Waals surface area (Å²) in [5.74, 6) is -0.509. The largest absolute Gasteiger partial charge is 0.444 e. The second-order valence-corrected chi connectivity index (χ2v) is 12.0. The highest BCUT2D eigenvalue weighted by Gasteiger charge is 2.37. The van der Waals surface area contributed by atoms with Gasteiger partial charge in [-0.2, -0.15) is 0 Å². The Morgan fingerprint density at radius 1 is 0.878 bits per heavy atom. The molecule has 0 aromatic heterocycles. The fourth-order valence-corrected chi connectivity index (χ4v) is 5.11. The normalized spacial score (nSPS) is 13.6. The maximum atomic E-state index is 14.6. The minimum absolute atomic E-state index is 0.0353. The Morgan fingerprint density at radius 3 is 2.07 bits per heavy atom. The Bertz CT molecular complexity index is 1110. The van der Waals surface area contributed by atoms with Crippen molar-refractivity contribution in [3.05, 3.63) is 70.8 Å².